The molecule has 0 aliphatic heterocycles. The average Bonchev–Trinajstić information content (AvgIpc) is 4.09. The summed E-state index contributed by atoms with van der Waals surface area (Å²) in [6.07, 6.45) is 6.09. The van der Waals surface area contributed by atoms with E-state index >= 15 is 0 Å². The van der Waals surface area contributed by atoms with Gasteiger partial charge in [0.1, 0.15) is 5.82 Å². The molecule has 1 fully saturated rings. The van der Waals surface area contributed by atoms with Crippen LogP contribution in [0.4, 0.5) is 4.39 Å². The Labute approximate surface area is 489 Å². The van der Waals surface area contributed by atoms with Crippen molar-refractivity contribution in [1.29, 1.82) is 0 Å². The molecule has 0 N–H and O–H groups in total. The van der Waals surface area contributed by atoms with Crippen molar-refractivity contribution in [3.63, 3.8) is 0 Å². The van der Waals surface area contributed by atoms with Crippen molar-refractivity contribution in [2.75, 3.05) is 20.8 Å². The summed E-state index contributed by atoms with van der Waals surface area (Å²) in [5.41, 5.74) is 9.50. The van der Waals surface area contributed by atoms with E-state index in [0.29, 0.717) is 14.9 Å². The largest absolute Gasteiger partial charge is 0.384 e. The van der Waals surface area contributed by atoms with Crippen molar-refractivity contribution in [1.82, 2.24) is 0 Å². The second-order valence-electron chi connectivity index (χ2n) is 17.5. The lowest BCUT2D eigenvalue weighted by Gasteiger charge is -2.10. The summed E-state index contributed by atoms with van der Waals surface area (Å²) in [4.78, 5) is 0.762. The molecule has 7 aromatic rings. The standard InChI is InChI=1S/C10H14.C9H11ClO.2C7H6Cl2.C7H7Cl.C7H7F.C7H8.C5H11BrO.C4H7Cl/c1-3-4-10-7-5-9(2)6-8-10;1-7(11-2)8-5-3-4-6-9(8)10;2*1-5-2-3-6(8)4-7(5)9;1-6-4-2-3-5-7(6)8;1-6-2-4-7(8)5-3-6;1-7-5-3-2-4-6-7;1-3-5(6)4-7-2;1-4(5)2-3-4/h5-8H,3-4H2,1-2H3;3-7H,1-2H3;2*2-4H,1H3;2*2-5H,1H3;2-6H,1H3;5H,3-4H2,1-2H3;2-3H2,1H3. The summed E-state index contributed by atoms with van der Waals surface area (Å²) in [6, 6.07) is 51.8. The van der Waals surface area contributed by atoms with E-state index in [-0.39, 0.29) is 16.8 Å². The highest BCUT2D eigenvalue weighted by atomic mass is 79.9. The maximum Gasteiger partial charge on any atom is 0.123 e. The third kappa shape index (κ3) is 37.6. The number of aryl methyl sites for hydroxylation is 7. The van der Waals surface area contributed by atoms with Crippen LogP contribution in [-0.4, -0.2) is 30.5 Å². The van der Waals surface area contributed by atoms with Crippen molar-refractivity contribution >= 4 is 97.1 Å². The van der Waals surface area contributed by atoms with Gasteiger partial charge in [0.2, 0.25) is 0 Å². The minimum Gasteiger partial charge on any atom is -0.384 e. The van der Waals surface area contributed by atoms with Gasteiger partial charge in [0.25, 0.3) is 0 Å². The van der Waals surface area contributed by atoms with Gasteiger partial charge in [0, 0.05) is 54.1 Å². The van der Waals surface area contributed by atoms with E-state index in [9.17, 15) is 4.39 Å². The third-order valence-electron chi connectivity index (χ3n) is 10.4. The SMILES string of the molecule is CC1(Cl)CC1.CCC(Br)COC.CCCc1ccc(C)cc1.COC(C)c1ccccc1Cl.Cc1ccc(Cl)cc1Cl.Cc1ccc(Cl)cc1Cl.Cc1ccc(F)cc1.Cc1ccccc1.Cc1ccccc1Cl. The molecule has 0 heterocycles. The van der Waals surface area contributed by atoms with Crippen LogP contribution in [0.5, 0.6) is 0 Å². The first-order valence-corrected chi connectivity index (χ1v) is 28.0. The van der Waals surface area contributed by atoms with E-state index in [4.69, 9.17) is 90.7 Å². The fourth-order valence-electron chi connectivity index (χ4n) is 5.20. The Morgan fingerprint density at radius 2 is 0.946 bits per heavy atom. The van der Waals surface area contributed by atoms with Crippen LogP contribution in [0, 0.1) is 47.4 Å². The zero-order valence-corrected chi connectivity index (χ0v) is 52.1. The van der Waals surface area contributed by atoms with E-state index in [1.165, 1.54) is 54.5 Å². The van der Waals surface area contributed by atoms with E-state index < -0.39 is 0 Å². The minimum atomic E-state index is -0.171. The van der Waals surface area contributed by atoms with Crippen LogP contribution in [0.3, 0.4) is 0 Å². The fraction of sp³-hybridized carbons (Fsp3) is 0.333. The van der Waals surface area contributed by atoms with Crippen LogP contribution in [-0.2, 0) is 15.9 Å². The molecule has 7 aromatic carbocycles. The van der Waals surface area contributed by atoms with Crippen molar-refractivity contribution in [3.05, 3.63) is 244 Å². The second kappa shape index (κ2) is 42.0. The quantitative estimate of drug-likeness (QED) is 0.148. The summed E-state index contributed by atoms with van der Waals surface area (Å²) < 4.78 is 22.1. The van der Waals surface area contributed by atoms with Gasteiger partial charge in [-0.1, -0.05) is 238 Å². The molecule has 0 amide bonds. The van der Waals surface area contributed by atoms with E-state index in [1.54, 1.807) is 38.5 Å². The van der Waals surface area contributed by atoms with Crippen LogP contribution >= 0.6 is 97.1 Å². The molecule has 2 unspecified atom stereocenters. The first-order chi connectivity index (χ1) is 35.0. The number of hydrogen-bond donors (Lipinski definition) is 0. The molecule has 74 heavy (non-hydrogen) atoms. The van der Waals surface area contributed by atoms with Crippen LogP contribution in [0.25, 0.3) is 0 Å². The van der Waals surface area contributed by atoms with Gasteiger partial charge >= 0.3 is 0 Å². The van der Waals surface area contributed by atoms with Crippen molar-refractivity contribution in [2.24, 2.45) is 0 Å². The molecule has 2 nitrogen and oxygen atoms in total. The monoisotopic (exact) mass is 1210 g/mol. The summed E-state index contributed by atoms with van der Waals surface area (Å²) in [5, 5.41) is 4.43. The van der Waals surface area contributed by atoms with E-state index in [2.05, 4.69) is 86.9 Å². The second-order valence-corrected chi connectivity index (χ2v) is 22.2. The normalized spacial score (nSPS) is 11.8. The number of halogens is 9. The van der Waals surface area contributed by atoms with Crippen LogP contribution in [0.1, 0.15) is 104 Å². The molecular formula is C63H77BrCl7FO2. The molecule has 0 spiro atoms. The molecule has 404 valence electrons. The van der Waals surface area contributed by atoms with Crippen LogP contribution in [0.15, 0.2) is 164 Å². The van der Waals surface area contributed by atoms with Gasteiger partial charge in [0.15, 0.2) is 0 Å². The Kier molecular flexibility index (Phi) is 40.2. The highest BCUT2D eigenvalue weighted by molar-refractivity contribution is 9.09. The number of ether oxygens (including phenoxy) is 2. The molecule has 0 radical (unpaired) electrons. The molecule has 0 bridgehead atoms. The Balaban J connectivity index is 0.000000815. The van der Waals surface area contributed by atoms with Gasteiger partial charge in [-0.3, -0.25) is 0 Å². The zero-order valence-electron chi connectivity index (χ0n) is 45.2. The molecule has 2 atom stereocenters. The van der Waals surface area contributed by atoms with Gasteiger partial charge in [-0.05, 0) is 157 Å². The predicted octanol–water partition coefficient (Wildman–Crippen LogP) is 23.0. The summed E-state index contributed by atoms with van der Waals surface area (Å²) in [5.74, 6) is -0.171. The highest BCUT2D eigenvalue weighted by Gasteiger charge is 2.34. The van der Waals surface area contributed by atoms with Crippen molar-refractivity contribution in [3.8, 4) is 0 Å². The molecular weight excluding hydrogens is 1140 g/mol. The maximum atomic E-state index is 12.1. The third-order valence-corrected chi connectivity index (χ3v) is 13.7. The van der Waals surface area contributed by atoms with E-state index in [1.807, 2.05) is 126 Å². The van der Waals surface area contributed by atoms with Gasteiger partial charge in [0.05, 0.1) is 12.7 Å². The molecule has 8 rings (SSSR count). The molecule has 0 saturated heterocycles. The molecule has 1 aliphatic carbocycles. The Hall–Kier alpha value is -3.10. The minimum absolute atomic E-state index is 0.0729. The lowest BCUT2D eigenvalue weighted by molar-refractivity contribution is 0.119. The predicted molar refractivity (Wildman–Crippen MR) is 331 cm³/mol. The number of alkyl halides is 2. The Morgan fingerprint density at radius 1 is 0.541 bits per heavy atom. The van der Waals surface area contributed by atoms with Gasteiger partial charge in [-0.25, -0.2) is 4.39 Å². The fourth-order valence-corrected chi connectivity index (χ4v) is 6.80. The van der Waals surface area contributed by atoms with Crippen LogP contribution in [0.2, 0.25) is 30.1 Å². The van der Waals surface area contributed by atoms with E-state index in [0.717, 1.165) is 60.9 Å². The van der Waals surface area contributed by atoms with Gasteiger partial charge in [-0.15, -0.1) is 11.6 Å². The first kappa shape index (κ1) is 70.9. The Morgan fingerprint density at radius 3 is 1.24 bits per heavy atom. The number of hydrogen-bond acceptors (Lipinski definition) is 2. The average molecular weight is 1210 g/mol. The molecule has 0 aromatic heterocycles. The first-order valence-electron chi connectivity index (χ1n) is 24.4. The summed E-state index contributed by atoms with van der Waals surface area (Å²) in [6.45, 7) is 21.2. The highest BCUT2D eigenvalue weighted by Crippen LogP contribution is 2.41. The zero-order chi connectivity index (χ0) is 56.1. The molecule has 1 saturated carbocycles. The Bertz CT molecular complexity index is 2410. The lowest BCUT2D eigenvalue weighted by Crippen LogP contribution is -2.03. The maximum absolute atomic E-state index is 12.1. The smallest absolute Gasteiger partial charge is 0.123 e. The summed E-state index contributed by atoms with van der Waals surface area (Å²) >= 11 is 43.4. The number of rotatable bonds is 7. The number of benzene rings is 7. The molecule has 1 aliphatic rings. The topological polar surface area (TPSA) is 18.5 Å². The lowest BCUT2D eigenvalue weighted by atomic mass is 10.1. The van der Waals surface area contributed by atoms with Gasteiger partial charge in [-0.2, -0.15) is 0 Å². The van der Waals surface area contributed by atoms with Crippen LogP contribution < -0.4 is 0 Å². The van der Waals surface area contributed by atoms with Crippen molar-refractivity contribution < 1.29 is 13.9 Å². The molecule has 11 heteroatoms. The summed E-state index contributed by atoms with van der Waals surface area (Å²) in [7, 11) is 3.39. The van der Waals surface area contributed by atoms with Gasteiger partial charge < -0.3 is 9.47 Å². The number of methoxy groups -OCH3 is 2. The van der Waals surface area contributed by atoms with Crippen molar-refractivity contribution in [2.45, 2.75) is 117 Å².